The lowest BCUT2D eigenvalue weighted by molar-refractivity contribution is 0.394. The Kier molecular flexibility index (Phi) is 6.19. The highest BCUT2D eigenvalue weighted by Crippen LogP contribution is 2.22. The Labute approximate surface area is 141 Å². The maximum absolute atomic E-state index is 5.22. The van der Waals surface area contributed by atoms with Crippen LogP contribution in [0.5, 0.6) is 23.0 Å². The fraction of sp³-hybridized carbons (Fsp3) is 0.222. The van der Waals surface area contributed by atoms with Gasteiger partial charge in [0.1, 0.15) is 23.0 Å². The van der Waals surface area contributed by atoms with E-state index < -0.39 is 0 Å². The Bertz CT molecular complexity index is 634. The van der Waals surface area contributed by atoms with E-state index in [4.69, 9.17) is 18.9 Å². The first-order valence-electron chi connectivity index (χ1n) is 7.21. The van der Waals surface area contributed by atoms with Gasteiger partial charge in [-0.15, -0.1) is 0 Å². The van der Waals surface area contributed by atoms with Crippen molar-refractivity contribution in [3.63, 3.8) is 0 Å². The molecule has 2 aromatic rings. The Morgan fingerprint density at radius 2 is 0.833 bits per heavy atom. The molecule has 0 saturated carbocycles. The predicted molar refractivity (Wildman–Crippen MR) is 94.3 cm³/mol. The van der Waals surface area contributed by atoms with Gasteiger partial charge >= 0.3 is 0 Å². The second kappa shape index (κ2) is 8.57. The van der Waals surface area contributed by atoms with Gasteiger partial charge in [-0.2, -0.15) is 10.2 Å². The van der Waals surface area contributed by atoms with Crippen molar-refractivity contribution < 1.29 is 18.9 Å². The van der Waals surface area contributed by atoms with E-state index in [1.807, 2.05) is 24.3 Å². The van der Waals surface area contributed by atoms with E-state index in [1.54, 1.807) is 53.0 Å². The molecule has 24 heavy (non-hydrogen) atoms. The standard InChI is InChI=1S/C18H20N2O4/c1-21-15-5-13(6-16(9-15)22-2)11-19-20-12-14-7-17(23-3)10-18(8-14)24-4/h5-12H,1-4H3/b19-11+,20-12?. The molecule has 0 saturated heterocycles. The van der Waals surface area contributed by atoms with E-state index in [9.17, 15) is 0 Å². The molecule has 0 unspecified atom stereocenters. The van der Waals surface area contributed by atoms with Crippen LogP contribution < -0.4 is 18.9 Å². The van der Waals surface area contributed by atoms with Crippen LogP contribution in [0.15, 0.2) is 46.6 Å². The molecular weight excluding hydrogens is 308 g/mol. The summed E-state index contributed by atoms with van der Waals surface area (Å²) in [4.78, 5) is 0. The van der Waals surface area contributed by atoms with Crippen LogP contribution >= 0.6 is 0 Å². The van der Waals surface area contributed by atoms with Crippen molar-refractivity contribution in [2.24, 2.45) is 10.2 Å². The summed E-state index contributed by atoms with van der Waals surface area (Å²) in [5.74, 6) is 2.77. The van der Waals surface area contributed by atoms with Gasteiger partial charge in [-0.1, -0.05) is 0 Å². The van der Waals surface area contributed by atoms with Crippen molar-refractivity contribution in [3.05, 3.63) is 47.5 Å². The summed E-state index contributed by atoms with van der Waals surface area (Å²) < 4.78 is 20.9. The van der Waals surface area contributed by atoms with Crippen LogP contribution in [0.2, 0.25) is 0 Å². The van der Waals surface area contributed by atoms with Crippen LogP contribution in [0.1, 0.15) is 11.1 Å². The van der Waals surface area contributed by atoms with Crippen LogP contribution in [0, 0.1) is 0 Å². The summed E-state index contributed by atoms with van der Waals surface area (Å²) in [7, 11) is 6.40. The number of nitrogens with zero attached hydrogens (tertiary/aromatic N) is 2. The molecule has 0 aliphatic rings. The summed E-state index contributed by atoms with van der Waals surface area (Å²) >= 11 is 0. The van der Waals surface area contributed by atoms with Gasteiger partial charge < -0.3 is 18.9 Å². The molecule has 0 aliphatic heterocycles. The maximum Gasteiger partial charge on any atom is 0.123 e. The number of methoxy groups -OCH3 is 4. The number of hydrogen-bond acceptors (Lipinski definition) is 6. The third-order valence-electron chi connectivity index (χ3n) is 3.23. The maximum atomic E-state index is 5.22. The number of rotatable bonds is 7. The highest BCUT2D eigenvalue weighted by atomic mass is 16.5. The van der Waals surface area contributed by atoms with Gasteiger partial charge in [-0.05, 0) is 24.3 Å². The number of ether oxygens (including phenoxy) is 4. The molecule has 0 heterocycles. The highest BCUT2D eigenvalue weighted by Gasteiger charge is 2.01. The summed E-state index contributed by atoms with van der Waals surface area (Å²) in [5, 5.41) is 8.10. The zero-order valence-electron chi connectivity index (χ0n) is 14.1. The Hall–Kier alpha value is -3.02. The molecule has 0 bridgehead atoms. The zero-order valence-corrected chi connectivity index (χ0v) is 14.1. The minimum atomic E-state index is 0.692. The minimum absolute atomic E-state index is 0.692. The van der Waals surface area contributed by atoms with Gasteiger partial charge in [0.2, 0.25) is 0 Å². The first-order valence-corrected chi connectivity index (χ1v) is 7.21. The summed E-state index contributed by atoms with van der Waals surface area (Å²) in [6, 6.07) is 11.0. The molecule has 126 valence electrons. The van der Waals surface area contributed by atoms with E-state index in [-0.39, 0.29) is 0 Å². The second-order valence-electron chi connectivity index (χ2n) is 4.78. The Morgan fingerprint density at radius 3 is 1.08 bits per heavy atom. The van der Waals surface area contributed by atoms with Crippen LogP contribution in [-0.2, 0) is 0 Å². The van der Waals surface area contributed by atoms with Gasteiger partial charge in [0.05, 0.1) is 40.9 Å². The van der Waals surface area contributed by atoms with Gasteiger partial charge in [-0.3, -0.25) is 0 Å². The summed E-state index contributed by atoms with van der Waals surface area (Å²) in [6.07, 6.45) is 3.25. The summed E-state index contributed by atoms with van der Waals surface area (Å²) in [6.45, 7) is 0. The SMILES string of the molecule is COc1cc(C=N/N=C/c2cc(OC)cc(OC)c2)cc(OC)c1. The third kappa shape index (κ3) is 4.74. The third-order valence-corrected chi connectivity index (χ3v) is 3.23. The molecule has 0 spiro atoms. The van der Waals surface area contributed by atoms with Gasteiger partial charge in [0.15, 0.2) is 0 Å². The van der Waals surface area contributed by atoms with Gasteiger partial charge in [0, 0.05) is 23.3 Å². The molecule has 2 aromatic carbocycles. The summed E-state index contributed by atoms with van der Waals surface area (Å²) in [5.41, 5.74) is 1.65. The zero-order chi connectivity index (χ0) is 17.4. The van der Waals surface area contributed by atoms with Crippen LogP contribution in [0.4, 0.5) is 0 Å². The van der Waals surface area contributed by atoms with Crippen molar-refractivity contribution in [2.45, 2.75) is 0 Å². The van der Waals surface area contributed by atoms with Crippen molar-refractivity contribution >= 4 is 12.4 Å². The Morgan fingerprint density at radius 1 is 0.542 bits per heavy atom. The molecule has 0 aliphatic carbocycles. The van der Waals surface area contributed by atoms with Crippen molar-refractivity contribution in [3.8, 4) is 23.0 Å². The number of benzene rings is 2. The average Bonchev–Trinajstić information content (AvgIpc) is 2.64. The Balaban J connectivity index is 2.15. The predicted octanol–water partition coefficient (Wildman–Crippen LogP) is 3.17. The molecule has 0 N–H and O–H groups in total. The van der Waals surface area contributed by atoms with Gasteiger partial charge in [-0.25, -0.2) is 0 Å². The molecule has 0 fully saturated rings. The van der Waals surface area contributed by atoms with Gasteiger partial charge in [0.25, 0.3) is 0 Å². The quantitative estimate of drug-likeness (QED) is 0.578. The van der Waals surface area contributed by atoms with Crippen molar-refractivity contribution in [1.82, 2.24) is 0 Å². The molecule has 6 heteroatoms. The highest BCUT2D eigenvalue weighted by molar-refractivity contribution is 5.84. The van der Waals surface area contributed by atoms with E-state index >= 15 is 0 Å². The lowest BCUT2D eigenvalue weighted by Gasteiger charge is -2.05. The second-order valence-corrected chi connectivity index (χ2v) is 4.78. The minimum Gasteiger partial charge on any atom is -0.497 e. The normalized spacial score (nSPS) is 11.0. The first-order chi connectivity index (χ1) is 11.7. The molecule has 0 amide bonds. The largest absolute Gasteiger partial charge is 0.497 e. The topological polar surface area (TPSA) is 61.6 Å². The van der Waals surface area contributed by atoms with E-state index in [2.05, 4.69) is 10.2 Å². The van der Waals surface area contributed by atoms with Crippen molar-refractivity contribution in [1.29, 1.82) is 0 Å². The van der Waals surface area contributed by atoms with Crippen LogP contribution in [0.3, 0.4) is 0 Å². The monoisotopic (exact) mass is 328 g/mol. The lowest BCUT2D eigenvalue weighted by Crippen LogP contribution is -1.91. The van der Waals surface area contributed by atoms with Crippen LogP contribution in [-0.4, -0.2) is 40.9 Å². The lowest BCUT2D eigenvalue weighted by atomic mass is 10.2. The fourth-order valence-corrected chi connectivity index (χ4v) is 2.01. The number of hydrogen-bond donors (Lipinski definition) is 0. The van der Waals surface area contributed by atoms with E-state index in [1.165, 1.54) is 0 Å². The van der Waals surface area contributed by atoms with E-state index in [0.29, 0.717) is 23.0 Å². The molecule has 0 aromatic heterocycles. The van der Waals surface area contributed by atoms with E-state index in [0.717, 1.165) is 11.1 Å². The first kappa shape index (κ1) is 17.3. The molecule has 6 nitrogen and oxygen atoms in total. The van der Waals surface area contributed by atoms with Crippen LogP contribution in [0.25, 0.3) is 0 Å². The molecule has 0 atom stereocenters. The molecule has 2 rings (SSSR count). The fourth-order valence-electron chi connectivity index (χ4n) is 2.01. The smallest absolute Gasteiger partial charge is 0.123 e. The molecule has 0 radical (unpaired) electrons. The molecular formula is C18H20N2O4. The van der Waals surface area contributed by atoms with Crippen molar-refractivity contribution in [2.75, 3.05) is 28.4 Å². The average molecular weight is 328 g/mol.